The van der Waals surface area contributed by atoms with Gasteiger partial charge in [0.1, 0.15) is 5.60 Å². The van der Waals surface area contributed by atoms with E-state index in [0.29, 0.717) is 6.42 Å². The molecule has 80 valence electrons. The molecule has 1 aliphatic heterocycles. The van der Waals surface area contributed by atoms with Gasteiger partial charge in [-0.25, -0.2) is 0 Å². The Labute approximate surface area is 84.2 Å². The van der Waals surface area contributed by atoms with Crippen molar-refractivity contribution in [3.63, 3.8) is 0 Å². The Balaban J connectivity index is 2.44. The highest BCUT2D eigenvalue weighted by atomic mass is 16.6. The summed E-state index contributed by atoms with van der Waals surface area (Å²) in [6.45, 7) is 7.11. The molecule has 2 atom stereocenters. The second-order valence-corrected chi connectivity index (χ2v) is 4.42. The maximum absolute atomic E-state index is 10.8. The molecule has 0 aliphatic carbocycles. The van der Waals surface area contributed by atoms with Crippen LogP contribution in [0, 0.1) is 0 Å². The van der Waals surface area contributed by atoms with Crippen LogP contribution in [0.5, 0.6) is 0 Å². The van der Waals surface area contributed by atoms with Gasteiger partial charge in [-0.15, -0.1) is 0 Å². The number of nitrogens with zero attached hydrogens (tertiary/aromatic N) is 1. The highest BCUT2D eigenvalue weighted by Gasteiger charge is 2.46. The van der Waals surface area contributed by atoms with Crippen molar-refractivity contribution in [3.8, 4) is 0 Å². The second-order valence-electron chi connectivity index (χ2n) is 4.42. The van der Waals surface area contributed by atoms with Crippen LogP contribution in [0.3, 0.4) is 0 Å². The standard InChI is InChI=1S/C10H17NO3/c1-7-9(11(7)6-12)5-10(3,4)14-8(2)13/h6-7,9H,5H2,1-4H3. The maximum atomic E-state index is 10.8. The lowest BCUT2D eigenvalue weighted by Gasteiger charge is -2.23. The normalized spacial score (nSPS) is 25.9. The zero-order chi connectivity index (χ0) is 10.9. The van der Waals surface area contributed by atoms with Crippen LogP contribution in [0.4, 0.5) is 0 Å². The van der Waals surface area contributed by atoms with Crippen LogP contribution in [0.2, 0.25) is 0 Å². The van der Waals surface area contributed by atoms with Gasteiger partial charge in [-0.05, 0) is 20.8 Å². The molecule has 0 aromatic heterocycles. The zero-order valence-electron chi connectivity index (χ0n) is 9.11. The SMILES string of the molecule is CC(=O)OC(C)(C)CC1C(C)N1C=O. The van der Waals surface area contributed by atoms with E-state index in [9.17, 15) is 9.59 Å². The number of esters is 1. The third-order valence-electron chi connectivity index (χ3n) is 2.56. The van der Waals surface area contributed by atoms with E-state index in [1.165, 1.54) is 6.92 Å². The number of rotatable bonds is 4. The molecule has 1 rings (SSSR count). The minimum absolute atomic E-state index is 0.224. The summed E-state index contributed by atoms with van der Waals surface area (Å²) in [7, 11) is 0. The highest BCUT2D eigenvalue weighted by molar-refractivity contribution is 5.66. The summed E-state index contributed by atoms with van der Waals surface area (Å²) in [6.07, 6.45) is 1.55. The minimum atomic E-state index is -0.484. The molecular weight excluding hydrogens is 182 g/mol. The first-order valence-electron chi connectivity index (χ1n) is 4.80. The summed E-state index contributed by atoms with van der Waals surface area (Å²) in [5, 5.41) is 0. The third kappa shape index (κ3) is 2.47. The van der Waals surface area contributed by atoms with Gasteiger partial charge in [-0.3, -0.25) is 9.59 Å². The molecule has 14 heavy (non-hydrogen) atoms. The van der Waals surface area contributed by atoms with Crippen LogP contribution in [-0.4, -0.2) is 35.0 Å². The van der Waals surface area contributed by atoms with Gasteiger partial charge in [0.05, 0.1) is 6.04 Å². The van der Waals surface area contributed by atoms with Crippen molar-refractivity contribution >= 4 is 12.4 Å². The molecule has 1 fully saturated rings. The van der Waals surface area contributed by atoms with Crippen molar-refractivity contribution in [2.75, 3.05) is 0 Å². The summed E-state index contributed by atoms with van der Waals surface area (Å²) in [5.74, 6) is -0.277. The summed E-state index contributed by atoms with van der Waals surface area (Å²) in [5.41, 5.74) is -0.484. The molecule has 0 aromatic carbocycles. The molecule has 0 saturated carbocycles. The first-order valence-corrected chi connectivity index (χ1v) is 4.80. The van der Waals surface area contributed by atoms with E-state index in [4.69, 9.17) is 4.74 Å². The Kier molecular flexibility index (Phi) is 2.83. The smallest absolute Gasteiger partial charge is 0.303 e. The van der Waals surface area contributed by atoms with E-state index in [1.807, 2.05) is 20.8 Å². The van der Waals surface area contributed by atoms with Gasteiger partial charge in [0.25, 0.3) is 0 Å². The molecular formula is C10H17NO3. The van der Waals surface area contributed by atoms with E-state index >= 15 is 0 Å². The van der Waals surface area contributed by atoms with Crippen molar-refractivity contribution in [1.29, 1.82) is 0 Å². The summed E-state index contributed by atoms with van der Waals surface area (Å²) >= 11 is 0. The molecule has 4 heteroatoms. The molecule has 1 amide bonds. The van der Waals surface area contributed by atoms with Gasteiger partial charge in [-0.1, -0.05) is 0 Å². The molecule has 0 spiro atoms. The zero-order valence-corrected chi connectivity index (χ0v) is 9.11. The molecule has 0 aromatic rings. The lowest BCUT2D eigenvalue weighted by Crippen LogP contribution is -2.29. The summed E-state index contributed by atoms with van der Waals surface area (Å²) < 4.78 is 5.15. The Morgan fingerprint density at radius 2 is 2.14 bits per heavy atom. The van der Waals surface area contributed by atoms with Gasteiger partial charge in [0.2, 0.25) is 6.41 Å². The van der Waals surface area contributed by atoms with E-state index in [1.54, 1.807) is 4.90 Å². The lowest BCUT2D eigenvalue weighted by molar-refractivity contribution is -0.154. The lowest BCUT2D eigenvalue weighted by atomic mass is 10.0. The van der Waals surface area contributed by atoms with Gasteiger partial charge in [0.15, 0.2) is 0 Å². The fourth-order valence-corrected chi connectivity index (χ4v) is 1.82. The van der Waals surface area contributed by atoms with Crippen molar-refractivity contribution in [1.82, 2.24) is 4.90 Å². The van der Waals surface area contributed by atoms with Crippen molar-refractivity contribution in [2.45, 2.75) is 51.8 Å². The maximum Gasteiger partial charge on any atom is 0.303 e. The molecule has 1 aliphatic rings. The number of hydrogen-bond acceptors (Lipinski definition) is 3. The molecule has 4 nitrogen and oxygen atoms in total. The number of amides is 1. The van der Waals surface area contributed by atoms with E-state index in [-0.39, 0.29) is 18.1 Å². The largest absolute Gasteiger partial charge is 0.460 e. The summed E-state index contributed by atoms with van der Waals surface area (Å²) in [4.78, 5) is 23.0. The molecule has 1 heterocycles. The molecule has 0 bridgehead atoms. The fourth-order valence-electron chi connectivity index (χ4n) is 1.82. The van der Waals surface area contributed by atoms with Crippen LogP contribution < -0.4 is 0 Å². The van der Waals surface area contributed by atoms with Gasteiger partial charge in [-0.2, -0.15) is 0 Å². The average molecular weight is 199 g/mol. The fraction of sp³-hybridized carbons (Fsp3) is 0.800. The van der Waals surface area contributed by atoms with Crippen LogP contribution >= 0.6 is 0 Å². The molecule has 0 radical (unpaired) electrons. The Bertz CT molecular complexity index is 250. The van der Waals surface area contributed by atoms with E-state index in [0.717, 1.165) is 6.41 Å². The van der Waals surface area contributed by atoms with Crippen LogP contribution in [0.25, 0.3) is 0 Å². The van der Waals surface area contributed by atoms with Crippen LogP contribution in [-0.2, 0) is 14.3 Å². The van der Waals surface area contributed by atoms with Crippen molar-refractivity contribution < 1.29 is 14.3 Å². The molecule has 2 unspecified atom stereocenters. The first kappa shape index (κ1) is 11.0. The average Bonchev–Trinajstić information content (AvgIpc) is 2.56. The highest BCUT2D eigenvalue weighted by Crippen LogP contribution is 2.33. The number of hydrogen-bond donors (Lipinski definition) is 0. The van der Waals surface area contributed by atoms with Crippen LogP contribution in [0.15, 0.2) is 0 Å². The van der Waals surface area contributed by atoms with Crippen LogP contribution in [0.1, 0.15) is 34.1 Å². The Morgan fingerprint density at radius 3 is 2.50 bits per heavy atom. The Hall–Kier alpha value is -1.06. The van der Waals surface area contributed by atoms with Crippen molar-refractivity contribution in [2.24, 2.45) is 0 Å². The first-order chi connectivity index (χ1) is 6.37. The second kappa shape index (κ2) is 3.59. The predicted molar refractivity (Wildman–Crippen MR) is 51.6 cm³/mol. The number of carbonyl (C=O) groups is 2. The number of carbonyl (C=O) groups excluding carboxylic acids is 2. The van der Waals surface area contributed by atoms with Gasteiger partial charge < -0.3 is 9.64 Å². The Morgan fingerprint density at radius 1 is 1.57 bits per heavy atom. The molecule has 0 N–H and O–H groups in total. The van der Waals surface area contributed by atoms with Crippen molar-refractivity contribution in [3.05, 3.63) is 0 Å². The number of ether oxygens (including phenoxy) is 1. The molecule has 1 saturated heterocycles. The monoisotopic (exact) mass is 199 g/mol. The van der Waals surface area contributed by atoms with E-state index in [2.05, 4.69) is 0 Å². The third-order valence-corrected chi connectivity index (χ3v) is 2.56. The van der Waals surface area contributed by atoms with Gasteiger partial charge in [0, 0.05) is 19.4 Å². The van der Waals surface area contributed by atoms with Gasteiger partial charge >= 0.3 is 5.97 Å². The quantitative estimate of drug-likeness (QED) is 0.384. The predicted octanol–water partition coefficient (Wildman–Crippen LogP) is 0.947. The topological polar surface area (TPSA) is 46.4 Å². The van der Waals surface area contributed by atoms with E-state index < -0.39 is 5.60 Å². The minimum Gasteiger partial charge on any atom is -0.460 e. The summed E-state index contributed by atoms with van der Waals surface area (Å²) in [6, 6.07) is 0.504.